The molecule has 0 radical (unpaired) electrons. The summed E-state index contributed by atoms with van der Waals surface area (Å²) in [4.78, 5) is 10.4. The van der Waals surface area contributed by atoms with E-state index in [9.17, 15) is 17.6 Å². The minimum atomic E-state index is -3.63. The van der Waals surface area contributed by atoms with Gasteiger partial charge in [-0.25, -0.2) is 8.42 Å². The summed E-state index contributed by atoms with van der Waals surface area (Å²) >= 11 is 0. The van der Waals surface area contributed by atoms with Crippen LogP contribution in [0, 0.1) is 0 Å². The highest BCUT2D eigenvalue weighted by atomic mass is 32.2. The van der Waals surface area contributed by atoms with Crippen molar-refractivity contribution >= 4 is 16.0 Å². The summed E-state index contributed by atoms with van der Waals surface area (Å²) in [6.07, 6.45) is 0.435. The van der Waals surface area contributed by atoms with Crippen LogP contribution in [0.2, 0.25) is 0 Å². The van der Waals surface area contributed by atoms with E-state index in [4.69, 9.17) is 5.11 Å². The largest absolute Gasteiger partial charge is 0.480 e. The van der Waals surface area contributed by atoms with Crippen molar-refractivity contribution in [2.24, 2.45) is 0 Å². The average molecular weight is 241 g/mol. The van der Waals surface area contributed by atoms with Crippen LogP contribution in [0.1, 0.15) is 19.8 Å². The molecule has 0 heterocycles. The number of aliphatic carboxylic acids is 1. The van der Waals surface area contributed by atoms with E-state index in [1.807, 2.05) is 0 Å². The number of halogens is 1. The molecule has 0 amide bonds. The number of carboxylic acids is 1. The Morgan fingerprint density at radius 2 is 2.07 bits per heavy atom. The smallest absolute Gasteiger partial charge is 0.318 e. The molecular weight excluding hydrogens is 225 g/mol. The molecular formula is C8H16FNO4S. The van der Waals surface area contributed by atoms with Gasteiger partial charge < -0.3 is 5.11 Å². The first kappa shape index (κ1) is 14.3. The summed E-state index contributed by atoms with van der Waals surface area (Å²) in [6.45, 7) is 0.634. The van der Waals surface area contributed by atoms with E-state index in [2.05, 4.69) is 0 Å². The van der Waals surface area contributed by atoms with E-state index in [0.29, 0.717) is 6.42 Å². The van der Waals surface area contributed by atoms with E-state index in [1.54, 1.807) is 6.92 Å². The fourth-order valence-electron chi connectivity index (χ4n) is 1.08. The fraction of sp³-hybridized carbons (Fsp3) is 0.875. The zero-order chi connectivity index (χ0) is 11.9. The van der Waals surface area contributed by atoms with Crippen molar-refractivity contribution in [3.05, 3.63) is 0 Å². The quantitative estimate of drug-likeness (QED) is 0.670. The topological polar surface area (TPSA) is 74.7 Å². The Kier molecular flexibility index (Phi) is 6.42. The molecule has 0 aliphatic carbocycles. The first-order chi connectivity index (χ1) is 6.94. The van der Waals surface area contributed by atoms with Crippen LogP contribution in [0.15, 0.2) is 0 Å². The van der Waals surface area contributed by atoms with Crippen LogP contribution >= 0.6 is 0 Å². The molecule has 0 bridgehead atoms. The van der Waals surface area contributed by atoms with Crippen molar-refractivity contribution in [1.29, 1.82) is 0 Å². The number of sulfonamides is 1. The van der Waals surface area contributed by atoms with Crippen molar-refractivity contribution in [3.8, 4) is 0 Å². The van der Waals surface area contributed by atoms with Gasteiger partial charge in [0.25, 0.3) is 0 Å². The third kappa shape index (κ3) is 5.68. The number of carboxylic acid groups (broad SMARTS) is 1. The molecule has 0 saturated carbocycles. The average Bonchev–Trinajstić information content (AvgIpc) is 2.13. The summed E-state index contributed by atoms with van der Waals surface area (Å²) in [5.41, 5.74) is 0. The van der Waals surface area contributed by atoms with Gasteiger partial charge in [-0.3, -0.25) is 9.18 Å². The number of alkyl halides is 1. The number of carbonyl (C=O) groups is 1. The molecule has 7 heteroatoms. The molecule has 0 unspecified atom stereocenters. The van der Waals surface area contributed by atoms with Crippen molar-refractivity contribution in [1.82, 2.24) is 4.31 Å². The van der Waals surface area contributed by atoms with Gasteiger partial charge in [0, 0.05) is 6.54 Å². The minimum absolute atomic E-state index is 0.0951. The minimum Gasteiger partial charge on any atom is -0.480 e. The highest BCUT2D eigenvalue weighted by Gasteiger charge is 2.22. The molecule has 0 aliphatic heterocycles. The zero-order valence-corrected chi connectivity index (χ0v) is 9.46. The van der Waals surface area contributed by atoms with Gasteiger partial charge in [0.2, 0.25) is 10.0 Å². The molecule has 0 aromatic carbocycles. The van der Waals surface area contributed by atoms with E-state index in [-0.39, 0.29) is 18.7 Å². The molecule has 0 aromatic heterocycles. The lowest BCUT2D eigenvalue weighted by Gasteiger charge is -2.18. The van der Waals surface area contributed by atoms with Crippen LogP contribution in [0.3, 0.4) is 0 Å². The third-order valence-corrected chi connectivity index (χ3v) is 3.62. The highest BCUT2D eigenvalue weighted by Crippen LogP contribution is 2.04. The lowest BCUT2D eigenvalue weighted by Crippen LogP contribution is -2.37. The Hall–Kier alpha value is -0.690. The second-order valence-corrected chi connectivity index (χ2v) is 5.17. The van der Waals surface area contributed by atoms with Crippen LogP contribution in [0.5, 0.6) is 0 Å². The number of nitrogens with zero attached hydrogens (tertiary/aromatic N) is 1. The zero-order valence-electron chi connectivity index (χ0n) is 8.65. The molecule has 0 spiro atoms. The molecule has 0 aliphatic rings. The Morgan fingerprint density at radius 3 is 2.47 bits per heavy atom. The molecule has 0 atom stereocenters. The normalized spacial score (nSPS) is 11.9. The Morgan fingerprint density at radius 1 is 1.47 bits per heavy atom. The van der Waals surface area contributed by atoms with Crippen molar-refractivity contribution in [3.63, 3.8) is 0 Å². The van der Waals surface area contributed by atoms with Crippen molar-refractivity contribution < 1.29 is 22.7 Å². The standard InChI is InChI=1S/C8H16FNO4S/c1-2-5-10(7-8(11)12)15(13,14)6-3-4-9/h2-7H2,1H3,(H,11,12). The second kappa shape index (κ2) is 6.73. The second-order valence-electron chi connectivity index (χ2n) is 3.09. The molecule has 1 N–H and O–H groups in total. The monoisotopic (exact) mass is 241 g/mol. The van der Waals surface area contributed by atoms with Gasteiger partial charge in [-0.15, -0.1) is 0 Å². The van der Waals surface area contributed by atoms with Gasteiger partial charge >= 0.3 is 5.97 Å². The molecule has 0 rings (SSSR count). The van der Waals surface area contributed by atoms with Gasteiger partial charge in [-0.2, -0.15) is 4.31 Å². The van der Waals surface area contributed by atoms with Gasteiger partial charge in [0.05, 0.1) is 12.4 Å². The van der Waals surface area contributed by atoms with Gasteiger partial charge in [0.15, 0.2) is 0 Å². The maximum absolute atomic E-state index is 11.8. The Labute approximate surface area is 88.9 Å². The Bertz CT molecular complexity index is 291. The van der Waals surface area contributed by atoms with E-state index < -0.39 is 29.2 Å². The summed E-state index contributed by atoms with van der Waals surface area (Å²) in [7, 11) is -3.63. The predicted octanol–water partition coefficient (Wildman–Crippen LogP) is 0.472. The van der Waals surface area contributed by atoms with Crippen LogP contribution in [-0.2, 0) is 14.8 Å². The molecule has 0 aromatic rings. The van der Waals surface area contributed by atoms with Crippen LogP contribution in [0.25, 0.3) is 0 Å². The fourth-order valence-corrected chi connectivity index (χ4v) is 2.58. The number of hydrogen-bond donors (Lipinski definition) is 1. The van der Waals surface area contributed by atoms with Gasteiger partial charge in [-0.1, -0.05) is 6.92 Å². The van der Waals surface area contributed by atoms with Crippen LogP contribution in [-0.4, -0.2) is 49.3 Å². The van der Waals surface area contributed by atoms with Crippen molar-refractivity contribution in [2.45, 2.75) is 19.8 Å². The first-order valence-corrected chi connectivity index (χ1v) is 6.30. The summed E-state index contributed by atoms with van der Waals surface area (Å²) < 4.78 is 35.7. The molecule has 5 nitrogen and oxygen atoms in total. The molecule has 90 valence electrons. The lowest BCUT2D eigenvalue weighted by atomic mass is 10.5. The third-order valence-electron chi connectivity index (χ3n) is 1.71. The summed E-state index contributed by atoms with van der Waals surface area (Å²) in [5, 5.41) is 8.52. The lowest BCUT2D eigenvalue weighted by molar-refractivity contribution is -0.137. The Balaban J connectivity index is 4.51. The summed E-state index contributed by atoms with van der Waals surface area (Å²) in [6, 6.07) is 0. The van der Waals surface area contributed by atoms with Crippen LogP contribution in [0.4, 0.5) is 4.39 Å². The predicted molar refractivity (Wildman–Crippen MR) is 53.9 cm³/mol. The van der Waals surface area contributed by atoms with E-state index in [1.165, 1.54) is 0 Å². The number of rotatable bonds is 8. The van der Waals surface area contributed by atoms with Gasteiger partial charge in [0.1, 0.15) is 6.54 Å². The first-order valence-electron chi connectivity index (χ1n) is 4.69. The SMILES string of the molecule is CCCN(CC(=O)O)S(=O)(=O)CCCF. The maximum Gasteiger partial charge on any atom is 0.318 e. The van der Waals surface area contributed by atoms with Crippen LogP contribution < -0.4 is 0 Å². The maximum atomic E-state index is 11.8. The number of hydrogen-bond acceptors (Lipinski definition) is 3. The van der Waals surface area contributed by atoms with E-state index >= 15 is 0 Å². The highest BCUT2D eigenvalue weighted by molar-refractivity contribution is 7.89. The molecule has 0 saturated heterocycles. The van der Waals surface area contributed by atoms with Crippen molar-refractivity contribution in [2.75, 3.05) is 25.5 Å². The molecule has 0 fully saturated rings. The van der Waals surface area contributed by atoms with E-state index in [0.717, 1.165) is 4.31 Å². The molecule has 15 heavy (non-hydrogen) atoms. The van der Waals surface area contributed by atoms with Gasteiger partial charge in [-0.05, 0) is 12.8 Å². The summed E-state index contributed by atoms with van der Waals surface area (Å²) in [5.74, 6) is -1.54.